The van der Waals surface area contributed by atoms with Gasteiger partial charge in [-0.05, 0) is 51.7 Å². The number of aryl methyl sites for hydroxylation is 1. The zero-order valence-electron chi connectivity index (χ0n) is 15.4. The highest BCUT2D eigenvalue weighted by atomic mass is 16.6. The van der Waals surface area contributed by atoms with E-state index >= 15 is 0 Å². The maximum absolute atomic E-state index is 11.9. The summed E-state index contributed by atoms with van der Waals surface area (Å²) < 4.78 is 5.31. The molecule has 23 heavy (non-hydrogen) atoms. The maximum atomic E-state index is 11.9. The van der Waals surface area contributed by atoms with Crippen molar-refractivity contribution in [3.8, 4) is 0 Å². The summed E-state index contributed by atoms with van der Waals surface area (Å²) in [6.45, 7) is 12.7. The minimum absolute atomic E-state index is 0.0576. The fourth-order valence-corrected chi connectivity index (χ4v) is 2.25. The van der Waals surface area contributed by atoms with Crippen LogP contribution in [0.2, 0.25) is 0 Å². The first kappa shape index (κ1) is 19.5. The van der Waals surface area contributed by atoms with Gasteiger partial charge < -0.3 is 15.4 Å². The molecule has 0 bridgehead atoms. The number of amides is 1. The number of rotatable bonds is 7. The Morgan fingerprint density at radius 3 is 2.26 bits per heavy atom. The Bertz CT molecular complexity index is 477. The topological polar surface area (TPSA) is 50.4 Å². The summed E-state index contributed by atoms with van der Waals surface area (Å²) in [6.07, 6.45) is 1.55. The molecule has 0 aromatic heterocycles. The number of alkyl carbamates (subject to hydrolysis) is 1. The van der Waals surface area contributed by atoms with Crippen molar-refractivity contribution in [2.24, 2.45) is 0 Å². The van der Waals surface area contributed by atoms with Crippen LogP contribution in [0.4, 0.5) is 4.79 Å². The summed E-state index contributed by atoms with van der Waals surface area (Å²) in [4.78, 5) is 11.9. The second-order valence-corrected chi connectivity index (χ2v) is 6.98. The molecule has 0 fully saturated rings. The lowest BCUT2D eigenvalue weighted by molar-refractivity contribution is 0.0502. The average Bonchev–Trinajstić information content (AvgIpc) is 2.49. The van der Waals surface area contributed by atoms with Crippen LogP contribution < -0.4 is 10.6 Å². The van der Waals surface area contributed by atoms with Crippen LogP contribution in [-0.4, -0.2) is 24.3 Å². The molecule has 0 spiro atoms. The van der Waals surface area contributed by atoms with Crippen LogP contribution >= 0.6 is 0 Å². The molecule has 1 aromatic rings. The molecule has 1 aromatic carbocycles. The first-order valence-corrected chi connectivity index (χ1v) is 8.56. The first-order valence-electron chi connectivity index (χ1n) is 8.56. The summed E-state index contributed by atoms with van der Waals surface area (Å²) in [5.41, 5.74) is 2.14. The van der Waals surface area contributed by atoms with E-state index in [9.17, 15) is 4.79 Å². The Hall–Kier alpha value is -1.55. The molecule has 0 saturated heterocycles. The van der Waals surface area contributed by atoms with Gasteiger partial charge in [0.1, 0.15) is 5.60 Å². The van der Waals surface area contributed by atoms with Gasteiger partial charge in [-0.3, -0.25) is 0 Å². The Labute approximate surface area is 141 Å². The van der Waals surface area contributed by atoms with E-state index in [0.717, 1.165) is 12.8 Å². The zero-order valence-corrected chi connectivity index (χ0v) is 15.4. The second kappa shape index (κ2) is 8.92. The number of benzene rings is 1. The summed E-state index contributed by atoms with van der Waals surface area (Å²) >= 11 is 0. The molecule has 0 aliphatic carbocycles. The van der Waals surface area contributed by atoms with Crippen LogP contribution in [0.5, 0.6) is 0 Å². The lowest BCUT2D eigenvalue weighted by atomic mass is 10.0. The molecular formula is C19H32N2O2. The fourth-order valence-electron chi connectivity index (χ4n) is 2.25. The highest BCUT2D eigenvalue weighted by molar-refractivity contribution is 5.68. The van der Waals surface area contributed by atoms with Crippen molar-refractivity contribution < 1.29 is 9.53 Å². The van der Waals surface area contributed by atoms with Crippen LogP contribution in [0.1, 0.15) is 65.1 Å². The zero-order chi connectivity index (χ0) is 17.5. The van der Waals surface area contributed by atoms with Crippen molar-refractivity contribution >= 4 is 6.09 Å². The van der Waals surface area contributed by atoms with E-state index in [1.807, 2.05) is 20.8 Å². The Morgan fingerprint density at radius 2 is 1.78 bits per heavy atom. The maximum Gasteiger partial charge on any atom is 0.407 e. The molecule has 130 valence electrons. The van der Waals surface area contributed by atoms with E-state index in [0.29, 0.717) is 6.54 Å². The van der Waals surface area contributed by atoms with Crippen LogP contribution in [-0.2, 0) is 11.2 Å². The normalized spacial score (nSPS) is 14.2. The third kappa shape index (κ3) is 7.51. The molecule has 1 amide bonds. The lowest BCUT2D eigenvalue weighted by Gasteiger charge is -2.24. The van der Waals surface area contributed by atoms with Gasteiger partial charge in [-0.25, -0.2) is 4.79 Å². The highest BCUT2D eigenvalue weighted by Gasteiger charge is 2.19. The van der Waals surface area contributed by atoms with Gasteiger partial charge in [-0.2, -0.15) is 0 Å². The predicted octanol–water partition coefficient (Wildman–Crippen LogP) is 4.20. The molecular weight excluding hydrogens is 288 g/mol. The van der Waals surface area contributed by atoms with Crippen molar-refractivity contribution in [3.63, 3.8) is 0 Å². The summed E-state index contributed by atoms with van der Waals surface area (Å²) in [6, 6.07) is 8.97. The number of hydrogen-bond acceptors (Lipinski definition) is 3. The molecule has 4 heteroatoms. The molecule has 0 heterocycles. The van der Waals surface area contributed by atoms with Gasteiger partial charge in [-0.1, -0.05) is 38.1 Å². The van der Waals surface area contributed by atoms with Crippen molar-refractivity contribution in [2.75, 3.05) is 6.54 Å². The molecule has 4 nitrogen and oxygen atoms in total. The van der Waals surface area contributed by atoms with Gasteiger partial charge in [-0.15, -0.1) is 0 Å². The van der Waals surface area contributed by atoms with E-state index in [1.165, 1.54) is 11.1 Å². The quantitative estimate of drug-likeness (QED) is 0.791. The molecule has 2 N–H and O–H groups in total. The van der Waals surface area contributed by atoms with Crippen molar-refractivity contribution in [1.29, 1.82) is 0 Å². The average molecular weight is 320 g/mol. The Kier molecular flexibility index (Phi) is 7.56. The molecule has 2 atom stereocenters. The van der Waals surface area contributed by atoms with E-state index < -0.39 is 5.60 Å². The van der Waals surface area contributed by atoms with Gasteiger partial charge in [0.05, 0.1) is 0 Å². The lowest BCUT2D eigenvalue weighted by Crippen LogP contribution is -2.44. The molecule has 1 rings (SSSR count). The minimum Gasteiger partial charge on any atom is -0.444 e. The van der Waals surface area contributed by atoms with E-state index in [1.54, 1.807) is 0 Å². The van der Waals surface area contributed by atoms with Gasteiger partial charge in [0.2, 0.25) is 0 Å². The van der Waals surface area contributed by atoms with Crippen molar-refractivity contribution in [3.05, 3.63) is 35.4 Å². The van der Waals surface area contributed by atoms with Crippen LogP contribution in [0.15, 0.2) is 24.3 Å². The largest absolute Gasteiger partial charge is 0.444 e. The third-order valence-electron chi connectivity index (χ3n) is 3.77. The fraction of sp³-hybridized carbons (Fsp3) is 0.632. The molecule has 0 aliphatic heterocycles. The van der Waals surface area contributed by atoms with Gasteiger partial charge >= 0.3 is 6.09 Å². The van der Waals surface area contributed by atoms with Crippen LogP contribution in [0.3, 0.4) is 0 Å². The highest BCUT2D eigenvalue weighted by Crippen LogP contribution is 2.14. The predicted molar refractivity (Wildman–Crippen MR) is 95.7 cm³/mol. The number of hydrogen-bond donors (Lipinski definition) is 2. The van der Waals surface area contributed by atoms with Gasteiger partial charge in [0.25, 0.3) is 0 Å². The summed E-state index contributed by atoms with van der Waals surface area (Å²) in [7, 11) is 0. The van der Waals surface area contributed by atoms with Crippen molar-refractivity contribution in [1.82, 2.24) is 10.6 Å². The van der Waals surface area contributed by atoms with Crippen LogP contribution in [0.25, 0.3) is 0 Å². The second-order valence-electron chi connectivity index (χ2n) is 6.98. The molecule has 0 radical (unpaired) electrons. The SMILES string of the molecule is CCc1ccc(C(C)NCC(CC)NC(=O)OC(C)(C)C)cc1. The smallest absolute Gasteiger partial charge is 0.407 e. The Balaban J connectivity index is 2.47. The minimum atomic E-state index is -0.468. The van der Waals surface area contributed by atoms with Gasteiger partial charge in [0.15, 0.2) is 0 Å². The summed E-state index contributed by atoms with van der Waals surface area (Å²) in [5, 5.41) is 6.41. The number of carbonyl (C=O) groups is 1. The Morgan fingerprint density at radius 1 is 1.17 bits per heavy atom. The van der Waals surface area contributed by atoms with E-state index in [4.69, 9.17) is 4.74 Å². The van der Waals surface area contributed by atoms with Gasteiger partial charge in [0, 0.05) is 18.6 Å². The third-order valence-corrected chi connectivity index (χ3v) is 3.77. The molecule has 0 saturated carbocycles. The van der Waals surface area contributed by atoms with E-state index in [2.05, 4.69) is 55.7 Å². The first-order chi connectivity index (χ1) is 10.7. The van der Waals surface area contributed by atoms with E-state index in [-0.39, 0.29) is 18.2 Å². The molecule has 2 unspecified atom stereocenters. The van der Waals surface area contributed by atoms with Crippen LogP contribution in [0, 0.1) is 0 Å². The molecule has 0 aliphatic rings. The number of carbonyl (C=O) groups excluding carboxylic acids is 1. The monoisotopic (exact) mass is 320 g/mol. The number of ether oxygens (including phenoxy) is 1. The standard InChI is InChI=1S/C19H32N2O2/c1-7-15-9-11-16(12-10-15)14(3)20-13-17(8-2)21-18(22)23-19(4,5)6/h9-12,14,17,20H,7-8,13H2,1-6H3,(H,21,22). The summed E-state index contributed by atoms with van der Waals surface area (Å²) in [5.74, 6) is 0. The van der Waals surface area contributed by atoms with Crippen molar-refractivity contribution in [2.45, 2.75) is 72.1 Å². The number of nitrogens with one attached hydrogen (secondary N) is 2.